The lowest BCUT2D eigenvalue weighted by molar-refractivity contribution is -0.123. The Morgan fingerprint density at radius 1 is 1.26 bits per heavy atom. The summed E-state index contributed by atoms with van der Waals surface area (Å²) in [4.78, 5) is 15.1. The van der Waals surface area contributed by atoms with Crippen LogP contribution in [0.5, 0.6) is 11.5 Å². The van der Waals surface area contributed by atoms with Gasteiger partial charge in [-0.15, -0.1) is 0 Å². The third-order valence-electron chi connectivity index (χ3n) is 5.08. The lowest BCUT2D eigenvalue weighted by Crippen LogP contribution is -2.35. The van der Waals surface area contributed by atoms with E-state index < -0.39 is 0 Å². The number of nitrogens with zero attached hydrogens (tertiary/aromatic N) is 1. The average molecular weight is 520 g/mol. The Morgan fingerprint density at radius 3 is 2.77 bits per heavy atom. The molecule has 2 saturated heterocycles. The summed E-state index contributed by atoms with van der Waals surface area (Å²) in [7, 11) is 1.60. The van der Waals surface area contributed by atoms with E-state index in [4.69, 9.17) is 26.4 Å². The molecule has 0 aliphatic carbocycles. The first-order valence-corrected chi connectivity index (χ1v) is 12.0. The van der Waals surface area contributed by atoms with E-state index in [1.165, 1.54) is 11.8 Å². The van der Waals surface area contributed by atoms with Gasteiger partial charge in [0.15, 0.2) is 11.5 Å². The van der Waals surface area contributed by atoms with Gasteiger partial charge in [0.2, 0.25) is 0 Å². The second-order valence-electron chi connectivity index (χ2n) is 7.25. The largest absolute Gasteiger partial charge is 0.493 e. The highest BCUT2D eigenvalue weighted by molar-refractivity contribution is 9.10. The molecular weight excluding hydrogens is 498 g/mol. The predicted octanol–water partition coefficient (Wildman–Crippen LogP) is 5.42. The number of methoxy groups -OCH3 is 1. The van der Waals surface area contributed by atoms with E-state index in [1.54, 1.807) is 12.0 Å². The number of carbonyl (C=O) groups excluding carboxylic acids is 1. The summed E-state index contributed by atoms with van der Waals surface area (Å²) in [6.07, 6.45) is 3.92. The van der Waals surface area contributed by atoms with Crippen molar-refractivity contribution >= 4 is 56.2 Å². The Balaban J connectivity index is 1.45. The first kappa shape index (κ1) is 22.3. The van der Waals surface area contributed by atoms with Gasteiger partial charge >= 0.3 is 0 Å². The second kappa shape index (κ2) is 10.2. The highest BCUT2D eigenvalue weighted by Gasteiger charge is 2.34. The van der Waals surface area contributed by atoms with Crippen molar-refractivity contribution in [2.45, 2.75) is 25.6 Å². The first-order chi connectivity index (χ1) is 15.0. The average Bonchev–Trinajstić information content (AvgIpc) is 3.38. The highest BCUT2D eigenvalue weighted by atomic mass is 79.9. The van der Waals surface area contributed by atoms with Gasteiger partial charge < -0.3 is 14.2 Å². The number of hydrogen-bond donors (Lipinski definition) is 0. The van der Waals surface area contributed by atoms with Crippen molar-refractivity contribution in [1.82, 2.24) is 4.90 Å². The van der Waals surface area contributed by atoms with Crippen LogP contribution in [0.1, 0.15) is 24.0 Å². The molecule has 0 aromatic heterocycles. The van der Waals surface area contributed by atoms with Gasteiger partial charge in [-0.2, -0.15) is 0 Å². The van der Waals surface area contributed by atoms with Gasteiger partial charge in [-0.05, 0) is 54.3 Å². The summed E-state index contributed by atoms with van der Waals surface area (Å²) in [5.41, 5.74) is 1.91. The van der Waals surface area contributed by atoms with Crippen LogP contribution >= 0.6 is 39.9 Å². The van der Waals surface area contributed by atoms with Gasteiger partial charge in [-0.1, -0.05) is 58.1 Å². The number of thioether (sulfide) groups is 1. The topological polar surface area (TPSA) is 48.0 Å². The second-order valence-corrected chi connectivity index (χ2v) is 9.84. The molecule has 2 fully saturated rings. The molecule has 5 nitrogen and oxygen atoms in total. The number of carbonyl (C=O) groups is 1. The van der Waals surface area contributed by atoms with Crippen LogP contribution in [0.4, 0.5) is 0 Å². The number of halogens is 1. The van der Waals surface area contributed by atoms with Crippen LogP contribution in [0, 0.1) is 0 Å². The maximum Gasteiger partial charge on any atom is 0.266 e. The summed E-state index contributed by atoms with van der Waals surface area (Å²) in [6.45, 7) is 1.71. The van der Waals surface area contributed by atoms with Gasteiger partial charge in [0.25, 0.3) is 5.91 Å². The van der Waals surface area contributed by atoms with E-state index in [0.29, 0.717) is 33.9 Å². The smallest absolute Gasteiger partial charge is 0.266 e. The molecule has 0 bridgehead atoms. The Morgan fingerprint density at radius 2 is 2.06 bits per heavy atom. The van der Waals surface area contributed by atoms with E-state index in [1.807, 2.05) is 48.5 Å². The van der Waals surface area contributed by atoms with Crippen molar-refractivity contribution in [3.05, 3.63) is 63.0 Å². The first-order valence-electron chi connectivity index (χ1n) is 9.96. The molecule has 2 aliphatic heterocycles. The normalized spacial score (nSPS) is 20.0. The minimum Gasteiger partial charge on any atom is -0.493 e. The molecule has 4 rings (SSSR count). The lowest BCUT2D eigenvalue weighted by Gasteiger charge is -2.18. The molecule has 0 saturated carbocycles. The van der Waals surface area contributed by atoms with Crippen molar-refractivity contribution in [2.75, 3.05) is 20.3 Å². The van der Waals surface area contributed by atoms with Crippen molar-refractivity contribution in [1.29, 1.82) is 0 Å². The predicted molar refractivity (Wildman–Crippen MR) is 130 cm³/mol. The summed E-state index contributed by atoms with van der Waals surface area (Å²) in [5, 5.41) is 0. The fourth-order valence-corrected chi connectivity index (χ4v) is 4.98. The maximum absolute atomic E-state index is 12.8. The highest BCUT2D eigenvalue weighted by Crippen LogP contribution is 2.35. The van der Waals surface area contributed by atoms with E-state index in [2.05, 4.69) is 15.9 Å². The van der Waals surface area contributed by atoms with E-state index in [-0.39, 0.29) is 12.0 Å². The van der Waals surface area contributed by atoms with Crippen LogP contribution in [0.25, 0.3) is 6.08 Å². The maximum atomic E-state index is 12.8. The van der Waals surface area contributed by atoms with Crippen LogP contribution < -0.4 is 9.47 Å². The molecule has 8 heteroatoms. The number of hydrogen-bond acceptors (Lipinski definition) is 6. The van der Waals surface area contributed by atoms with Crippen molar-refractivity contribution < 1.29 is 19.0 Å². The summed E-state index contributed by atoms with van der Waals surface area (Å²) in [6, 6.07) is 13.6. The van der Waals surface area contributed by atoms with E-state index >= 15 is 0 Å². The number of ether oxygens (including phenoxy) is 3. The van der Waals surface area contributed by atoms with Crippen LogP contribution in [-0.4, -0.2) is 41.5 Å². The third kappa shape index (κ3) is 5.49. The molecule has 2 heterocycles. The van der Waals surface area contributed by atoms with Crippen LogP contribution in [0.2, 0.25) is 0 Å². The van der Waals surface area contributed by atoms with Gasteiger partial charge in [-0.25, -0.2) is 0 Å². The van der Waals surface area contributed by atoms with Crippen LogP contribution in [0.3, 0.4) is 0 Å². The van der Waals surface area contributed by atoms with Crippen molar-refractivity contribution in [2.24, 2.45) is 0 Å². The molecule has 162 valence electrons. The third-order valence-corrected chi connectivity index (χ3v) is 6.98. The van der Waals surface area contributed by atoms with Gasteiger partial charge in [0, 0.05) is 11.1 Å². The Labute approximate surface area is 199 Å². The fraction of sp³-hybridized carbons (Fsp3) is 0.304. The van der Waals surface area contributed by atoms with Crippen LogP contribution in [0.15, 0.2) is 51.8 Å². The van der Waals surface area contributed by atoms with Crippen molar-refractivity contribution in [3.8, 4) is 11.5 Å². The summed E-state index contributed by atoms with van der Waals surface area (Å²) < 4.78 is 18.7. The molecule has 31 heavy (non-hydrogen) atoms. The quantitative estimate of drug-likeness (QED) is 0.359. The summed E-state index contributed by atoms with van der Waals surface area (Å²) in [5.74, 6) is 1.19. The van der Waals surface area contributed by atoms with Gasteiger partial charge in [0.05, 0.1) is 24.7 Å². The minimum atomic E-state index is -0.0694. The Kier molecular flexibility index (Phi) is 7.32. The monoisotopic (exact) mass is 519 g/mol. The Bertz CT molecular complexity index is 1000. The zero-order valence-electron chi connectivity index (χ0n) is 17.0. The summed E-state index contributed by atoms with van der Waals surface area (Å²) >= 11 is 10.2. The molecule has 1 atom stereocenters. The van der Waals surface area contributed by atoms with Crippen LogP contribution in [-0.2, 0) is 16.1 Å². The molecule has 0 radical (unpaired) electrons. The molecule has 0 unspecified atom stereocenters. The Hall–Kier alpha value is -1.87. The zero-order valence-corrected chi connectivity index (χ0v) is 20.2. The van der Waals surface area contributed by atoms with E-state index in [9.17, 15) is 4.79 Å². The molecule has 0 N–H and O–H groups in total. The molecular formula is C23H22BrNO4S2. The SMILES string of the molecule is COc1cc(/C=C2\SC(=S)N(C[C@@H]3CCCO3)C2=O)ccc1OCc1ccc(Br)cc1. The zero-order chi connectivity index (χ0) is 21.8. The molecule has 2 aromatic carbocycles. The van der Waals surface area contributed by atoms with Gasteiger partial charge in [0.1, 0.15) is 10.9 Å². The number of benzene rings is 2. The lowest BCUT2D eigenvalue weighted by atomic mass is 10.1. The molecule has 0 spiro atoms. The standard InChI is InChI=1S/C23H22BrNO4S2/c1-27-20-11-16(6-9-19(20)29-14-15-4-7-17(24)8-5-15)12-21-22(26)25(23(30)31-21)13-18-3-2-10-28-18/h4-9,11-12,18H,2-3,10,13-14H2,1H3/b21-12-/t18-/m0/s1. The molecule has 1 amide bonds. The number of rotatable bonds is 7. The number of amides is 1. The van der Waals surface area contributed by atoms with Gasteiger partial charge in [-0.3, -0.25) is 9.69 Å². The van der Waals surface area contributed by atoms with Crippen molar-refractivity contribution in [3.63, 3.8) is 0 Å². The molecule has 2 aromatic rings. The van der Waals surface area contributed by atoms with E-state index in [0.717, 1.165) is 35.0 Å². The molecule has 2 aliphatic rings. The minimum absolute atomic E-state index is 0.0694. The fourth-order valence-electron chi connectivity index (χ4n) is 3.44. The number of thiocarbonyl (C=S) groups is 1.